The molecule has 1 aromatic carbocycles. The second kappa shape index (κ2) is 15.8. The molecule has 1 amide bonds. The Morgan fingerprint density at radius 3 is 2.53 bits per heavy atom. The molecule has 0 spiro atoms. The Morgan fingerprint density at radius 2 is 1.92 bits per heavy atom. The van der Waals surface area contributed by atoms with Gasteiger partial charge in [0.15, 0.2) is 0 Å². The van der Waals surface area contributed by atoms with E-state index in [1.54, 1.807) is 7.11 Å². The predicted octanol–water partition coefficient (Wildman–Crippen LogP) is 4.38. The largest absolute Gasteiger partial charge is 0.492 e. The van der Waals surface area contributed by atoms with Gasteiger partial charge in [0.1, 0.15) is 5.75 Å². The lowest BCUT2D eigenvalue weighted by Gasteiger charge is -2.33. The minimum Gasteiger partial charge on any atom is -0.492 e. The summed E-state index contributed by atoms with van der Waals surface area (Å²) in [4.78, 5) is 15.2. The van der Waals surface area contributed by atoms with Crippen LogP contribution in [0.5, 0.6) is 5.75 Å². The molecule has 0 unspecified atom stereocenters. The molecule has 36 heavy (non-hydrogen) atoms. The van der Waals surface area contributed by atoms with Crippen LogP contribution in [0, 0.1) is 11.8 Å². The minimum absolute atomic E-state index is 0.0445. The maximum atomic E-state index is 12.9. The number of amides is 1. The van der Waals surface area contributed by atoms with Gasteiger partial charge in [0.2, 0.25) is 5.91 Å². The molecule has 206 valence electrons. The number of carbonyl (C=O) groups is 1. The third kappa shape index (κ3) is 10.2. The van der Waals surface area contributed by atoms with Crippen molar-refractivity contribution in [1.82, 2.24) is 10.2 Å². The molecular formula is C28H48ClN3O4. The fraction of sp³-hybridized carbons (Fsp3) is 0.750. The number of carbonyl (C=O) groups excluding carboxylic acids is 1. The van der Waals surface area contributed by atoms with E-state index in [9.17, 15) is 9.90 Å². The Kier molecular flexibility index (Phi) is 13.5. The lowest BCUT2D eigenvalue weighted by atomic mass is 9.87. The van der Waals surface area contributed by atoms with Crippen LogP contribution in [0.3, 0.4) is 0 Å². The molecule has 2 rings (SSSR count). The maximum Gasteiger partial charge on any atom is 0.223 e. The van der Waals surface area contributed by atoms with Crippen molar-refractivity contribution in [1.29, 1.82) is 0 Å². The molecule has 0 bridgehead atoms. The molecule has 1 aromatic rings. The third-order valence-corrected chi connectivity index (χ3v) is 7.45. The van der Waals surface area contributed by atoms with Crippen molar-refractivity contribution in [3.8, 4) is 5.75 Å². The highest BCUT2D eigenvalue weighted by atomic mass is 35.5. The van der Waals surface area contributed by atoms with Gasteiger partial charge in [-0.2, -0.15) is 0 Å². The van der Waals surface area contributed by atoms with E-state index in [0.29, 0.717) is 43.5 Å². The summed E-state index contributed by atoms with van der Waals surface area (Å²) in [5, 5.41) is 14.8. The Balaban J connectivity index is 1.97. The van der Waals surface area contributed by atoms with E-state index in [1.165, 1.54) is 12.8 Å². The maximum absolute atomic E-state index is 12.9. The molecular weight excluding hydrogens is 478 g/mol. The van der Waals surface area contributed by atoms with Gasteiger partial charge in [-0.05, 0) is 56.7 Å². The average Bonchev–Trinajstić information content (AvgIpc) is 3.33. The van der Waals surface area contributed by atoms with Crippen LogP contribution < -0.4 is 15.8 Å². The van der Waals surface area contributed by atoms with Gasteiger partial charge in [-0.1, -0.05) is 44.4 Å². The highest BCUT2D eigenvalue weighted by molar-refractivity contribution is 6.32. The summed E-state index contributed by atoms with van der Waals surface area (Å²) >= 11 is 6.33. The van der Waals surface area contributed by atoms with Crippen LogP contribution >= 0.6 is 11.6 Å². The van der Waals surface area contributed by atoms with Crippen LogP contribution in [-0.4, -0.2) is 67.0 Å². The average molecular weight is 526 g/mol. The molecule has 4 N–H and O–H groups in total. The number of methoxy groups -OCH3 is 1. The summed E-state index contributed by atoms with van der Waals surface area (Å²) in [5.74, 6) is 0.577. The van der Waals surface area contributed by atoms with E-state index >= 15 is 0 Å². The Morgan fingerprint density at radius 1 is 1.22 bits per heavy atom. The van der Waals surface area contributed by atoms with Gasteiger partial charge in [-0.25, -0.2) is 0 Å². The summed E-state index contributed by atoms with van der Waals surface area (Å²) in [5.41, 5.74) is 7.55. The van der Waals surface area contributed by atoms with Gasteiger partial charge in [-0.3, -0.25) is 9.69 Å². The summed E-state index contributed by atoms with van der Waals surface area (Å²) in [6, 6.07) is 5.83. The first-order chi connectivity index (χ1) is 17.1. The molecule has 0 saturated heterocycles. The topological polar surface area (TPSA) is 97.1 Å². The van der Waals surface area contributed by atoms with Crippen molar-refractivity contribution >= 4 is 17.5 Å². The second-order valence-electron chi connectivity index (χ2n) is 10.8. The van der Waals surface area contributed by atoms with E-state index in [2.05, 4.69) is 24.1 Å². The summed E-state index contributed by atoms with van der Waals surface area (Å²) in [6.07, 6.45) is 4.83. The zero-order valence-electron chi connectivity index (χ0n) is 22.8. The van der Waals surface area contributed by atoms with Crippen molar-refractivity contribution in [2.75, 3.05) is 26.9 Å². The summed E-state index contributed by atoms with van der Waals surface area (Å²) < 4.78 is 10.9. The Bertz CT molecular complexity index is 786. The Labute approximate surface area is 223 Å². The van der Waals surface area contributed by atoms with Crippen molar-refractivity contribution < 1.29 is 19.4 Å². The molecule has 1 aliphatic carbocycles. The first-order valence-electron chi connectivity index (χ1n) is 13.5. The molecule has 1 aliphatic rings. The number of halogens is 1. The Hall–Kier alpha value is -1.38. The molecule has 8 heteroatoms. The molecule has 1 saturated carbocycles. The first-order valence-corrected chi connectivity index (χ1v) is 13.9. The standard InChI is InChI=1S/C28H48ClN3O4/c1-19(2)23(28(34)31-22-9-6-7-10-22)16-26(33)25(30)18-32(20(3)4)17-21-11-12-24(29)27(15-21)36-14-8-13-35-5/h11-12,15,19-20,22-23,25-26,33H,6-10,13-14,16-18,30H2,1-5H3,(H,31,34)/t23-,25-,26-/m0/s1. The van der Waals surface area contributed by atoms with Crippen molar-refractivity contribution in [3.63, 3.8) is 0 Å². The highest BCUT2D eigenvalue weighted by Gasteiger charge is 2.30. The molecule has 1 fully saturated rings. The number of aliphatic hydroxyl groups excluding tert-OH is 1. The van der Waals surface area contributed by atoms with E-state index in [1.807, 2.05) is 32.0 Å². The van der Waals surface area contributed by atoms with Crippen LogP contribution in [0.25, 0.3) is 0 Å². The van der Waals surface area contributed by atoms with Crippen LogP contribution in [0.4, 0.5) is 0 Å². The second-order valence-corrected chi connectivity index (χ2v) is 11.2. The fourth-order valence-electron chi connectivity index (χ4n) is 4.72. The number of hydrogen-bond acceptors (Lipinski definition) is 6. The number of nitrogens with zero attached hydrogens (tertiary/aromatic N) is 1. The van der Waals surface area contributed by atoms with E-state index in [4.69, 9.17) is 26.8 Å². The number of hydrogen-bond donors (Lipinski definition) is 3. The lowest BCUT2D eigenvalue weighted by Crippen LogP contribution is -2.49. The molecule has 0 aromatic heterocycles. The molecule has 3 atom stereocenters. The van der Waals surface area contributed by atoms with Crippen molar-refractivity contribution in [2.24, 2.45) is 17.6 Å². The number of nitrogens with two attached hydrogens (primary N) is 1. The summed E-state index contributed by atoms with van der Waals surface area (Å²) in [7, 11) is 1.67. The van der Waals surface area contributed by atoms with Crippen LogP contribution in [0.2, 0.25) is 5.02 Å². The van der Waals surface area contributed by atoms with E-state index < -0.39 is 12.1 Å². The summed E-state index contributed by atoms with van der Waals surface area (Å²) in [6.45, 7) is 10.6. The SMILES string of the molecule is COCCCOc1cc(CN(C[C@H](N)[C@@H](O)C[C@H](C(=O)NC2CCCC2)C(C)C)C(C)C)ccc1Cl. The first kappa shape index (κ1) is 30.8. The normalized spacial score (nSPS) is 17.1. The van der Waals surface area contributed by atoms with Crippen LogP contribution in [-0.2, 0) is 16.1 Å². The number of ether oxygens (including phenoxy) is 2. The smallest absolute Gasteiger partial charge is 0.223 e. The quantitative estimate of drug-likeness (QED) is 0.277. The van der Waals surface area contributed by atoms with Gasteiger partial charge in [0, 0.05) is 57.3 Å². The van der Waals surface area contributed by atoms with Crippen molar-refractivity contribution in [2.45, 2.75) is 97.0 Å². The predicted molar refractivity (Wildman–Crippen MR) is 146 cm³/mol. The number of aliphatic hydroxyl groups is 1. The van der Waals surface area contributed by atoms with Crippen molar-refractivity contribution in [3.05, 3.63) is 28.8 Å². The minimum atomic E-state index is -0.766. The van der Waals surface area contributed by atoms with Crippen LogP contribution in [0.1, 0.15) is 71.8 Å². The zero-order valence-corrected chi connectivity index (χ0v) is 23.6. The van der Waals surface area contributed by atoms with Gasteiger partial charge in [-0.15, -0.1) is 0 Å². The zero-order chi connectivity index (χ0) is 26.7. The molecule has 0 aliphatic heterocycles. The molecule has 7 nitrogen and oxygen atoms in total. The number of nitrogens with one attached hydrogen (secondary N) is 1. The molecule has 0 heterocycles. The number of rotatable bonds is 16. The monoisotopic (exact) mass is 525 g/mol. The third-order valence-electron chi connectivity index (χ3n) is 7.14. The van der Waals surface area contributed by atoms with E-state index in [0.717, 1.165) is 24.8 Å². The van der Waals surface area contributed by atoms with Gasteiger partial charge in [0.25, 0.3) is 0 Å². The lowest BCUT2D eigenvalue weighted by molar-refractivity contribution is -0.128. The fourth-order valence-corrected chi connectivity index (χ4v) is 4.89. The van der Waals surface area contributed by atoms with E-state index in [-0.39, 0.29) is 29.8 Å². The van der Waals surface area contributed by atoms with Gasteiger partial charge < -0.3 is 25.6 Å². The molecule has 0 radical (unpaired) electrons. The highest BCUT2D eigenvalue weighted by Crippen LogP contribution is 2.27. The van der Waals surface area contributed by atoms with Gasteiger partial charge in [0.05, 0.1) is 17.7 Å². The van der Waals surface area contributed by atoms with Crippen LogP contribution in [0.15, 0.2) is 18.2 Å². The van der Waals surface area contributed by atoms with Gasteiger partial charge >= 0.3 is 0 Å². The number of benzene rings is 1.